The van der Waals surface area contributed by atoms with Crippen LogP contribution in [0, 0.1) is 0 Å². The third-order valence-electron chi connectivity index (χ3n) is 6.21. The van der Waals surface area contributed by atoms with Gasteiger partial charge in [0, 0.05) is 18.8 Å². The lowest BCUT2D eigenvalue weighted by molar-refractivity contribution is -0.137. The number of ether oxygens (including phenoxy) is 1. The Labute approximate surface area is 210 Å². The van der Waals surface area contributed by atoms with Crippen LogP contribution in [0.1, 0.15) is 38.2 Å². The Hall–Kier alpha value is -3.45. The number of aliphatic hydroxyl groups is 1. The summed E-state index contributed by atoms with van der Waals surface area (Å²) in [4.78, 5) is 30.0. The molecule has 37 heavy (non-hydrogen) atoms. The minimum absolute atomic E-state index is 0.0254. The number of carbonyl (C=O) groups is 1. The molecule has 0 saturated heterocycles. The molecule has 13 heteroatoms. The Bertz CT molecular complexity index is 1290. The Balaban J connectivity index is 1.40. The van der Waals surface area contributed by atoms with Gasteiger partial charge < -0.3 is 20.5 Å². The van der Waals surface area contributed by atoms with Crippen molar-refractivity contribution in [1.82, 2.24) is 24.6 Å². The molecule has 0 spiro atoms. The van der Waals surface area contributed by atoms with Gasteiger partial charge in [0.25, 0.3) is 5.56 Å². The molecule has 1 aliphatic rings. The molecular formula is C24H29F3N6O4. The maximum Gasteiger partial charge on any atom is 0.416 e. The number of rotatable bonds is 8. The van der Waals surface area contributed by atoms with Crippen LogP contribution in [-0.4, -0.2) is 55.2 Å². The lowest BCUT2D eigenvalue weighted by Gasteiger charge is -2.29. The van der Waals surface area contributed by atoms with E-state index in [4.69, 9.17) is 4.74 Å². The van der Waals surface area contributed by atoms with Crippen LogP contribution in [0.2, 0.25) is 0 Å². The van der Waals surface area contributed by atoms with Crippen molar-refractivity contribution in [3.8, 4) is 0 Å². The number of hydrogen-bond acceptors (Lipinski definition) is 7. The van der Waals surface area contributed by atoms with Gasteiger partial charge in [0.1, 0.15) is 12.1 Å². The predicted octanol–water partition coefficient (Wildman–Crippen LogP) is 2.72. The molecule has 200 valence electrons. The first-order chi connectivity index (χ1) is 17.5. The normalized spacial score (nSPS) is 19.1. The third kappa shape index (κ3) is 6.46. The summed E-state index contributed by atoms with van der Waals surface area (Å²) >= 11 is 0. The number of alkyl halides is 3. The predicted molar refractivity (Wildman–Crippen MR) is 129 cm³/mol. The van der Waals surface area contributed by atoms with Crippen molar-refractivity contribution in [3.05, 3.63) is 46.5 Å². The molecule has 10 nitrogen and oxygen atoms in total. The van der Waals surface area contributed by atoms with E-state index in [1.165, 1.54) is 27.7 Å². The van der Waals surface area contributed by atoms with E-state index < -0.39 is 23.4 Å². The molecule has 3 aromatic rings. The molecule has 1 aromatic carbocycles. The number of fused-ring (bicyclic) bond motifs is 1. The molecule has 2 aromatic heterocycles. The van der Waals surface area contributed by atoms with Crippen LogP contribution in [0.5, 0.6) is 0 Å². The van der Waals surface area contributed by atoms with Gasteiger partial charge in [0.05, 0.1) is 30.7 Å². The number of nitrogens with zero attached hydrogens (tertiary/aromatic N) is 4. The fourth-order valence-corrected chi connectivity index (χ4v) is 4.34. The number of benzene rings is 1. The number of anilines is 2. The summed E-state index contributed by atoms with van der Waals surface area (Å²) in [7, 11) is 1.55. The maximum absolute atomic E-state index is 13.1. The summed E-state index contributed by atoms with van der Waals surface area (Å²) in [6.07, 6.45) is -0.618. The Morgan fingerprint density at radius 3 is 2.51 bits per heavy atom. The van der Waals surface area contributed by atoms with Gasteiger partial charge in [-0.3, -0.25) is 18.8 Å². The minimum atomic E-state index is -4.44. The van der Waals surface area contributed by atoms with E-state index >= 15 is 0 Å². The first-order valence-electron chi connectivity index (χ1n) is 12.0. The van der Waals surface area contributed by atoms with Crippen molar-refractivity contribution in [2.75, 3.05) is 11.9 Å². The van der Waals surface area contributed by atoms with Gasteiger partial charge in [-0.05, 0) is 56.9 Å². The van der Waals surface area contributed by atoms with Gasteiger partial charge in [-0.25, -0.2) is 4.98 Å². The summed E-state index contributed by atoms with van der Waals surface area (Å²) < 4.78 is 46.6. The number of halogens is 3. The van der Waals surface area contributed by atoms with Crippen molar-refractivity contribution in [3.63, 3.8) is 0 Å². The van der Waals surface area contributed by atoms with E-state index in [0.29, 0.717) is 5.69 Å². The monoisotopic (exact) mass is 522 g/mol. The number of carbonyl (C=O) groups excluding carboxylic acids is 1. The van der Waals surface area contributed by atoms with Gasteiger partial charge in [-0.2, -0.15) is 18.3 Å². The lowest BCUT2D eigenvalue weighted by atomic mass is 9.93. The fraction of sp³-hybridized carbons (Fsp3) is 0.500. The first kappa shape index (κ1) is 26.6. The molecule has 0 bridgehead atoms. The zero-order chi connectivity index (χ0) is 26.7. The molecule has 1 amide bonds. The molecule has 3 N–H and O–H groups in total. The molecule has 1 saturated carbocycles. The zero-order valence-electron chi connectivity index (χ0n) is 20.5. The molecule has 1 fully saturated rings. The molecule has 0 aliphatic heterocycles. The van der Waals surface area contributed by atoms with Crippen LogP contribution < -0.4 is 16.2 Å². The number of nitrogens with one attached hydrogen (secondary N) is 2. The van der Waals surface area contributed by atoms with E-state index in [0.717, 1.165) is 37.8 Å². The maximum atomic E-state index is 13.1. The number of aromatic nitrogens is 4. The number of hydrogen-bond donors (Lipinski definition) is 3. The second-order valence-electron chi connectivity index (χ2n) is 9.27. The Kier molecular flexibility index (Phi) is 7.83. The average Bonchev–Trinajstić information content (AvgIpc) is 3.15. The standard InChI is InChI=1S/C24H29F3N6O4/c1-14(34)12-37-18-9-7-16(8-10-18)29-19(35)11-33-13-28-20-21(23(33)36)32(2)31-22(20)30-17-5-3-15(4-6-17)24(25,26)27/h3-6,13-14,16,18,34H,7-12H2,1-2H3,(H,29,35)(H,30,31)/t14-,16?,18?/m0/s1. The topological polar surface area (TPSA) is 123 Å². The summed E-state index contributed by atoms with van der Waals surface area (Å²) in [5.74, 6) is -0.109. The number of aliphatic hydroxyl groups excluding tert-OH is 1. The molecule has 0 unspecified atom stereocenters. The van der Waals surface area contributed by atoms with Gasteiger partial charge >= 0.3 is 6.18 Å². The van der Waals surface area contributed by atoms with E-state index in [1.807, 2.05) is 0 Å². The van der Waals surface area contributed by atoms with Crippen molar-refractivity contribution in [2.45, 2.75) is 63.6 Å². The van der Waals surface area contributed by atoms with Crippen molar-refractivity contribution in [1.29, 1.82) is 0 Å². The molecule has 4 rings (SSSR count). The summed E-state index contributed by atoms with van der Waals surface area (Å²) in [6.45, 7) is 1.74. The van der Waals surface area contributed by atoms with Gasteiger partial charge in [0.15, 0.2) is 11.3 Å². The van der Waals surface area contributed by atoms with Crippen LogP contribution in [0.25, 0.3) is 11.0 Å². The molecule has 1 atom stereocenters. The second-order valence-corrected chi connectivity index (χ2v) is 9.27. The van der Waals surface area contributed by atoms with Crippen molar-refractivity contribution >= 4 is 28.4 Å². The SMILES string of the molecule is C[C@H](O)COC1CCC(NC(=O)Cn2cnc3c(Nc4ccc(C(F)(F)F)cc4)nn(C)c3c2=O)CC1. The van der Waals surface area contributed by atoms with E-state index in [2.05, 4.69) is 20.7 Å². The van der Waals surface area contributed by atoms with E-state index in [1.54, 1.807) is 14.0 Å². The van der Waals surface area contributed by atoms with Crippen LogP contribution in [0.4, 0.5) is 24.7 Å². The van der Waals surface area contributed by atoms with Crippen LogP contribution in [0.15, 0.2) is 35.4 Å². The fourth-order valence-electron chi connectivity index (χ4n) is 4.34. The lowest BCUT2D eigenvalue weighted by Crippen LogP contribution is -2.42. The molecule has 1 aliphatic carbocycles. The smallest absolute Gasteiger partial charge is 0.391 e. The minimum Gasteiger partial charge on any atom is -0.391 e. The van der Waals surface area contributed by atoms with Crippen LogP contribution >= 0.6 is 0 Å². The second kappa shape index (κ2) is 10.9. The quantitative estimate of drug-likeness (QED) is 0.416. The van der Waals surface area contributed by atoms with E-state index in [9.17, 15) is 27.9 Å². The molecule has 2 heterocycles. The highest BCUT2D eigenvalue weighted by Gasteiger charge is 2.30. The first-order valence-corrected chi connectivity index (χ1v) is 12.0. The zero-order valence-corrected chi connectivity index (χ0v) is 20.5. The number of amides is 1. The molecule has 0 radical (unpaired) electrons. The van der Waals surface area contributed by atoms with E-state index in [-0.39, 0.29) is 48.1 Å². The Morgan fingerprint density at radius 2 is 1.89 bits per heavy atom. The summed E-state index contributed by atoms with van der Waals surface area (Å²) in [6, 6.07) is 4.40. The largest absolute Gasteiger partial charge is 0.416 e. The van der Waals surface area contributed by atoms with Crippen LogP contribution in [-0.2, 0) is 29.3 Å². The highest BCUT2D eigenvalue weighted by molar-refractivity contribution is 5.87. The van der Waals surface area contributed by atoms with Crippen molar-refractivity contribution in [2.24, 2.45) is 7.05 Å². The highest BCUT2D eigenvalue weighted by Crippen LogP contribution is 2.31. The van der Waals surface area contributed by atoms with Gasteiger partial charge in [-0.15, -0.1) is 0 Å². The third-order valence-corrected chi connectivity index (χ3v) is 6.21. The van der Waals surface area contributed by atoms with Crippen LogP contribution in [0.3, 0.4) is 0 Å². The number of aryl methyl sites for hydroxylation is 1. The van der Waals surface area contributed by atoms with Crippen molar-refractivity contribution < 1.29 is 27.8 Å². The molecular weight excluding hydrogens is 493 g/mol. The Morgan fingerprint density at radius 1 is 1.22 bits per heavy atom. The average molecular weight is 523 g/mol. The highest BCUT2D eigenvalue weighted by atomic mass is 19.4. The van der Waals surface area contributed by atoms with Gasteiger partial charge in [0.2, 0.25) is 5.91 Å². The summed E-state index contributed by atoms with van der Waals surface area (Å²) in [5, 5.41) is 19.4. The van der Waals surface area contributed by atoms with Gasteiger partial charge in [-0.1, -0.05) is 0 Å². The summed E-state index contributed by atoms with van der Waals surface area (Å²) in [5.41, 5.74) is -0.504.